The van der Waals surface area contributed by atoms with E-state index in [0.29, 0.717) is 5.92 Å². The summed E-state index contributed by atoms with van der Waals surface area (Å²) in [5, 5.41) is 10.2. The van der Waals surface area contributed by atoms with Crippen molar-refractivity contribution >= 4 is 16.5 Å². The fraction of sp³-hybridized carbons (Fsp3) is 0.692. The van der Waals surface area contributed by atoms with Crippen LogP contribution < -0.4 is 4.90 Å². The molecule has 0 aromatic carbocycles. The van der Waals surface area contributed by atoms with Crippen molar-refractivity contribution in [3.63, 3.8) is 0 Å². The van der Waals surface area contributed by atoms with Crippen LogP contribution in [-0.2, 0) is 0 Å². The number of hydrogen-bond acceptors (Lipinski definition) is 4. The van der Waals surface area contributed by atoms with Crippen molar-refractivity contribution in [3.8, 4) is 6.07 Å². The second-order valence-corrected chi connectivity index (χ2v) is 6.27. The first-order valence-electron chi connectivity index (χ1n) is 6.43. The molecule has 0 spiro atoms. The van der Waals surface area contributed by atoms with Crippen LogP contribution in [0.15, 0.2) is 0 Å². The number of hydrogen-bond donors (Lipinski definition) is 0. The van der Waals surface area contributed by atoms with Crippen LogP contribution in [0.4, 0.5) is 5.13 Å². The zero-order valence-corrected chi connectivity index (χ0v) is 11.0. The number of anilines is 1. The van der Waals surface area contributed by atoms with Gasteiger partial charge in [0.2, 0.25) is 0 Å². The third-order valence-corrected chi connectivity index (χ3v) is 4.67. The van der Waals surface area contributed by atoms with Gasteiger partial charge in [0.05, 0.1) is 5.69 Å². The molecule has 0 amide bonds. The second-order valence-electron chi connectivity index (χ2n) is 5.29. The summed E-state index contributed by atoms with van der Waals surface area (Å²) < 4.78 is 0. The smallest absolute Gasteiger partial charge is 0.186 e. The largest absolute Gasteiger partial charge is 0.348 e. The highest BCUT2D eigenvalue weighted by Crippen LogP contribution is 2.44. The van der Waals surface area contributed by atoms with Crippen LogP contribution in [0, 0.1) is 17.2 Å². The normalized spacial score (nSPS) is 24.7. The van der Waals surface area contributed by atoms with E-state index in [9.17, 15) is 0 Å². The topological polar surface area (TPSA) is 39.9 Å². The molecule has 1 saturated carbocycles. The van der Waals surface area contributed by atoms with Crippen LogP contribution in [0.3, 0.4) is 0 Å². The Bertz CT molecular complexity index is 456. The van der Waals surface area contributed by atoms with Crippen LogP contribution >= 0.6 is 11.3 Å². The Morgan fingerprint density at radius 3 is 2.88 bits per heavy atom. The van der Waals surface area contributed by atoms with Gasteiger partial charge in [0, 0.05) is 19.0 Å². The van der Waals surface area contributed by atoms with Crippen molar-refractivity contribution in [2.45, 2.75) is 38.5 Å². The average Bonchev–Trinajstić information content (AvgIpc) is 3.08. The minimum absolute atomic E-state index is 0.580. The van der Waals surface area contributed by atoms with Gasteiger partial charge in [-0.05, 0) is 31.6 Å². The Hall–Kier alpha value is -1.08. The average molecular weight is 247 g/mol. The van der Waals surface area contributed by atoms with E-state index in [-0.39, 0.29) is 0 Å². The molecule has 2 aliphatic rings. The highest BCUT2D eigenvalue weighted by Gasteiger charge is 2.31. The molecule has 0 bridgehead atoms. The van der Waals surface area contributed by atoms with Gasteiger partial charge in [0.1, 0.15) is 10.9 Å². The number of nitrogens with zero attached hydrogens (tertiary/aromatic N) is 3. The Morgan fingerprint density at radius 1 is 1.41 bits per heavy atom. The maximum Gasteiger partial charge on any atom is 0.186 e. The number of aromatic nitrogens is 1. The zero-order chi connectivity index (χ0) is 11.8. The quantitative estimate of drug-likeness (QED) is 0.806. The lowest BCUT2D eigenvalue weighted by molar-refractivity contribution is 0.446. The van der Waals surface area contributed by atoms with Crippen molar-refractivity contribution in [1.29, 1.82) is 5.26 Å². The van der Waals surface area contributed by atoms with E-state index >= 15 is 0 Å². The van der Waals surface area contributed by atoms with Crippen molar-refractivity contribution in [2.24, 2.45) is 5.92 Å². The molecule has 1 atom stereocenters. The molecule has 90 valence electrons. The highest BCUT2D eigenvalue weighted by atomic mass is 32.1. The second kappa shape index (κ2) is 4.30. The van der Waals surface area contributed by atoms with Crippen molar-refractivity contribution in [2.75, 3.05) is 18.0 Å². The van der Waals surface area contributed by atoms with E-state index in [1.54, 1.807) is 11.3 Å². The summed E-state index contributed by atoms with van der Waals surface area (Å²) >= 11 is 1.59. The van der Waals surface area contributed by atoms with Crippen molar-refractivity contribution in [3.05, 3.63) is 10.6 Å². The van der Waals surface area contributed by atoms with Crippen LogP contribution in [-0.4, -0.2) is 18.1 Å². The van der Waals surface area contributed by atoms with E-state index in [1.807, 2.05) is 0 Å². The van der Waals surface area contributed by atoms with E-state index in [2.05, 4.69) is 17.9 Å². The summed E-state index contributed by atoms with van der Waals surface area (Å²) in [5.41, 5.74) is 1.07. The predicted octanol–water partition coefficient (Wildman–Crippen LogP) is 3.13. The molecule has 1 aromatic rings. The van der Waals surface area contributed by atoms with Crippen LogP contribution in [0.25, 0.3) is 0 Å². The lowest BCUT2D eigenvalue weighted by atomic mass is 10.0. The van der Waals surface area contributed by atoms with E-state index in [0.717, 1.165) is 34.7 Å². The van der Waals surface area contributed by atoms with E-state index < -0.39 is 0 Å². The van der Waals surface area contributed by atoms with E-state index in [1.165, 1.54) is 25.7 Å². The number of rotatable bonds is 2. The number of nitriles is 1. The Kier molecular flexibility index (Phi) is 2.79. The van der Waals surface area contributed by atoms with Gasteiger partial charge in [0.25, 0.3) is 0 Å². The van der Waals surface area contributed by atoms with Crippen LogP contribution in [0.2, 0.25) is 0 Å². The third kappa shape index (κ3) is 2.16. The molecule has 3 nitrogen and oxygen atoms in total. The molecule has 1 aliphatic heterocycles. The number of thiazole rings is 1. The molecule has 2 heterocycles. The molecular formula is C13H17N3S. The highest BCUT2D eigenvalue weighted by molar-refractivity contribution is 7.16. The van der Waals surface area contributed by atoms with Gasteiger partial charge in [-0.15, -0.1) is 0 Å². The molecule has 0 radical (unpaired) electrons. The number of piperidine rings is 1. The van der Waals surface area contributed by atoms with Gasteiger partial charge >= 0.3 is 0 Å². The maximum atomic E-state index is 9.16. The van der Waals surface area contributed by atoms with Gasteiger partial charge in [-0.25, -0.2) is 4.98 Å². The zero-order valence-electron chi connectivity index (χ0n) is 10.1. The maximum absolute atomic E-state index is 9.16. The molecule has 1 unspecified atom stereocenters. The van der Waals surface area contributed by atoms with Gasteiger partial charge in [-0.2, -0.15) is 5.26 Å². The minimum Gasteiger partial charge on any atom is -0.348 e. The van der Waals surface area contributed by atoms with E-state index in [4.69, 9.17) is 10.2 Å². The Morgan fingerprint density at radius 2 is 2.24 bits per heavy atom. The molecule has 1 saturated heterocycles. The Balaban J connectivity index is 1.85. The summed E-state index contributed by atoms with van der Waals surface area (Å²) in [7, 11) is 0. The standard InChI is InChI=1S/C13H17N3S/c1-9-3-2-6-16(8-9)13-15-12(10-4-5-10)11(7-14)17-13/h9-10H,2-6,8H2,1H3. The van der Waals surface area contributed by atoms with Crippen molar-refractivity contribution in [1.82, 2.24) is 4.98 Å². The summed E-state index contributed by atoms with van der Waals surface area (Å²) in [6.07, 6.45) is 5.01. The monoisotopic (exact) mass is 247 g/mol. The Labute approximate surface area is 106 Å². The first-order valence-corrected chi connectivity index (χ1v) is 7.25. The summed E-state index contributed by atoms with van der Waals surface area (Å²) in [6, 6.07) is 2.32. The first-order chi connectivity index (χ1) is 8.28. The lowest BCUT2D eigenvalue weighted by Gasteiger charge is -2.30. The summed E-state index contributed by atoms with van der Waals surface area (Å²) in [5.74, 6) is 1.33. The molecule has 1 aromatic heterocycles. The first kappa shape index (κ1) is 11.0. The molecule has 17 heavy (non-hydrogen) atoms. The van der Waals surface area contributed by atoms with Gasteiger partial charge < -0.3 is 4.90 Å². The molecule has 1 aliphatic carbocycles. The molecule has 2 fully saturated rings. The van der Waals surface area contributed by atoms with Gasteiger partial charge in [0.15, 0.2) is 5.13 Å². The van der Waals surface area contributed by atoms with Crippen molar-refractivity contribution < 1.29 is 0 Å². The van der Waals surface area contributed by atoms with Gasteiger partial charge in [-0.1, -0.05) is 18.3 Å². The minimum atomic E-state index is 0.580. The lowest BCUT2D eigenvalue weighted by Crippen LogP contribution is -2.34. The van der Waals surface area contributed by atoms with Crippen LogP contribution in [0.5, 0.6) is 0 Å². The molecule has 0 N–H and O–H groups in total. The van der Waals surface area contributed by atoms with Crippen LogP contribution in [0.1, 0.15) is 49.1 Å². The molecule has 4 heteroatoms. The predicted molar refractivity (Wildman–Crippen MR) is 69.4 cm³/mol. The third-order valence-electron chi connectivity index (χ3n) is 3.64. The fourth-order valence-electron chi connectivity index (χ4n) is 2.53. The van der Waals surface area contributed by atoms with Gasteiger partial charge in [-0.3, -0.25) is 0 Å². The fourth-order valence-corrected chi connectivity index (χ4v) is 3.52. The summed E-state index contributed by atoms with van der Waals surface area (Å²) in [4.78, 5) is 7.94. The molecular weight excluding hydrogens is 230 g/mol. The summed E-state index contributed by atoms with van der Waals surface area (Å²) in [6.45, 7) is 4.50. The molecule has 3 rings (SSSR count). The SMILES string of the molecule is CC1CCCN(c2nc(C3CC3)c(C#N)s2)C1.